The van der Waals surface area contributed by atoms with Crippen LogP contribution in [0.15, 0.2) is 35.7 Å². The van der Waals surface area contributed by atoms with Crippen LogP contribution in [0.3, 0.4) is 0 Å². The highest BCUT2D eigenvalue weighted by Gasteiger charge is 2.22. The molecular weight excluding hydrogens is 392 g/mol. The molecule has 8 heteroatoms. The molecule has 1 aromatic carbocycles. The average molecular weight is 417 g/mol. The number of ether oxygens (including phenoxy) is 1. The number of nitrogens with zero attached hydrogens (tertiary/aromatic N) is 4. The molecule has 0 spiro atoms. The van der Waals surface area contributed by atoms with Crippen molar-refractivity contribution in [2.75, 3.05) is 20.2 Å². The standard InChI is InChI=1S/C20H24N4O2S2/c1-14-7-8-17(26-2)16(11-14)24-19(18-6-4-10-28-18)21-23(20(24)27)13-22-9-3-5-15(25)12-22/h4,6-8,10-11,15,25H,3,5,9,12-13H2,1-2H3/t15-/m0/s1. The Balaban J connectivity index is 1.82. The molecule has 1 atom stereocenters. The molecule has 0 radical (unpaired) electrons. The topological polar surface area (TPSA) is 55.5 Å². The summed E-state index contributed by atoms with van der Waals surface area (Å²) >= 11 is 7.47. The van der Waals surface area contributed by atoms with E-state index in [-0.39, 0.29) is 6.10 Å². The van der Waals surface area contributed by atoms with E-state index in [1.807, 2.05) is 32.8 Å². The highest BCUT2D eigenvalue weighted by Crippen LogP contribution is 2.31. The van der Waals surface area contributed by atoms with Crippen molar-refractivity contribution in [3.05, 3.63) is 46.0 Å². The van der Waals surface area contributed by atoms with Gasteiger partial charge in [0.05, 0.1) is 30.4 Å². The number of aliphatic hydroxyl groups excluding tert-OH is 1. The van der Waals surface area contributed by atoms with E-state index < -0.39 is 0 Å². The molecule has 0 aliphatic carbocycles. The largest absolute Gasteiger partial charge is 0.495 e. The minimum atomic E-state index is -0.279. The minimum absolute atomic E-state index is 0.279. The number of aryl methyl sites for hydroxylation is 1. The fraction of sp³-hybridized carbons (Fsp3) is 0.400. The number of thiophene rings is 1. The highest BCUT2D eigenvalue weighted by atomic mass is 32.1. The maximum atomic E-state index is 10.00. The molecule has 0 saturated carbocycles. The molecule has 1 N–H and O–H groups in total. The number of benzene rings is 1. The highest BCUT2D eigenvalue weighted by molar-refractivity contribution is 7.71. The Kier molecular flexibility index (Phi) is 5.63. The van der Waals surface area contributed by atoms with Crippen LogP contribution in [0.25, 0.3) is 16.4 Å². The fourth-order valence-electron chi connectivity index (χ4n) is 3.61. The lowest BCUT2D eigenvalue weighted by atomic mass is 10.1. The van der Waals surface area contributed by atoms with E-state index in [4.69, 9.17) is 22.1 Å². The molecule has 2 aromatic heterocycles. The van der Waals surface area contributed by atoms with Gasteiger partial charge in [0.2, 0.25) is 4.77 Å². The van der Waals surface area contributed by atoms with Crippen molar-refractivity contribution in [2.24, 2.45) is 0 Å². The number of hydrogen-bond acceptors (Lipinski definition) is 6. The second-order valence-electron chi connectivity index (χ2n) is 7.11. The molecule has 6 nitrogen and oxygen atoms in total. The molecule has 0 unspecified atom stereocenters. The van der Waals surface area contributed by atoms with E-state index >= 15 is 0 Å². The number of likely N-dealkylation sites (tertiary alicyclic amines) is 1. The van der Waals surface area contributed by atoms with Crippen LogP contribution in [0.5, 0.6) is 5.75 Å². The Morgan fingerprint density at radius 2 is 2.21 bits per heavy atom. The van der Waals surface area contributed by atoms with Gasteiger partial charge in [0, 0.05) is 13.1 Å². The van der Waals surface area contributed by atoms with Gasteiger partial charge in [-0.25, -0.2) is 4.68 Å². The fourth-order valence-corrected chi connectivity index (χ4v) is 4.59. The molecule has 4 rings (SSSR count). The van der Waals surface area contributed by atoms with E-state index in [0.29, 0.717) is 18.0 Å². The van der Waals surface area contributed by atoms with Crippen LogP contribution in [0.4, 0.5) is 0 Å². The van der Waals surface area contributed by atoms with Crippen molar-refractivity contribution in [2.45, 2.75) is 32.5 Å². The summed E-state index contributed by atoms with van der Waals surface area (Å²) in [6.07, 6.45) is 1.56. The third-order valence-electron chi connectivity index (χ3n) is 4.97. The SMILES string of the molecule is COc1ccc(C)cc1-n1c(-c2cccs2)nn(CN2CCC[C@H](O)C2)c1=S. The first-order valence-electron chi connectivity index (χ1n) is 9.36. The van der Waals surface area contributed by atoms with E-state index in [1.54, 1.807) is 18.4 Å². The number of rotatable bonds is 5. The van der Waals surface area contributed by atoms with E-state index in [0.717, 1.165) is 47.1 Å². The Bertz CT molecular complexity index is 1010. The molecular formula is C20H24N4O2S2. The monoisotopic (exact) mass is 416 g/mol. The molecule has 3 heterocycles. The van der Waals surface area contributed by atoms with E-state index in [9.17, 15) is 5.11 Å². The summed E-state index contributed by atoms with van der Waals surface area (Å²) in [5.41, 5.74) is 2.02. The smallest absolute Gasteiger partial charge is 0.204 e. The van der Waals surface area contributed by atoms with Gasteiger partial charge >= 0.3 is 0 Å². The van der Waals surface area contributed by atoms with Crippen LogP contribution in [-0.2, 0) is 6.67 Å². The predicted molar refractivity (Wildman–Crippen MR) is 114 cm³/mol. The summed E-state index contributed by atoms with van der Waals surface area (Å²) in [5.74, 6) is 1.56. The first kappa shape index (κ1) is 19.3. The number of piperidine rings is 1. The summed E-state index contributed by atoms with van der Waals surface area (Å²) in [6, 6.07) is 10.1. The van der Waals surface area contributed by atoms with Crippen molar-refractivity contribution < 1.29 is 9.84 Å². The first-order valence-corrected chi connectivity index (χ1v) is 10.6. The Morgan fingerprint density at radius 3 is 2.93 bits per heavy atom. The molecule has 0 amide bonds. The Morgan fingerprint density at radius 1 is 1.36 bits per heavy atom. The maximum Gasteiger partial charge on any atom is 0.204 e. The molecule has 1 fully saturated rings. The molecule has 148 valence electrons. The van der Waals surface area contributed by atoms with Crippen LogP contribution in [0.1, 0.15) is 18.4 Å². The second-order valence-corrected chi connectivity index (χ2v) is 8.42. The van der Waals surface area contributed by atoms with Crippen LogP contribution in [0, 0.1) is 11.7 Å². The molecule has 3 aromatic rings. The van der Waals surface area contributed by atoms with E-state index in [2.05, 4.69) is 24.0 Å². The third-order valence-corrected chi connectivity index (χ3v) is 6.23. The lowest BCUT2D eigenvalue weighted by molar-refractivity contribution is 0.0513. The zero-order valence-electron chi connectivity index (χ0n) is 16.0. The number of β-amino-alcohol motifs (C(OH)–C–C–N with tert-alkyl or cyclic N) is 1. The lowest BCUT2D eigenvalue weighted by Crippen LogP contribution is -2.39. The van der Waals surface area contributed by atoms with Gasteiger partial charge in [-0.15, -0.1) is 16.4 Å². The van der Waals surface area contributed by atoms with Crippen LogP contribution in [-0.4, -0.2) is 50.7 Å². The van der Waals surface area contributed by atoms with Gasteiger partial charge in [0.15, 0.2) is 5.82 Å². The normalized spacial score (nSPS) is 17.8. The minimum Gasteiger partial charge on any atom is -0.495 e. The van der Waals surface area contributed by atoms with Crippen LogP contribution in [0.2, 0.25) is 0 Å². The second kappa shape index (κ2) is 8.16. The summed E-state index contributed by atoms with van der Waals surface area (Å²) in [6.45, 7) is 4.21. The maximum absolute atomic E-state index is 10.00. The Hall–Kier alpha value is -2.00. The quantitative estimate of drug-likeness (QED) is 0.640. The van der Waals surface area contributed by atoms with Crippen molar-refractivity contribution in [3.63, 3.8) is 0 Å². The van der Waals surface area contributed by atoms with Gasteiger partial charge in [-0.1, -0.05) is 12.1 Å². The van der Waals surface area contributed by atoms with Gasteiger partial charge in [-0.2, -0.15) is 0 Å². The third kappa shape index (κ3) is 3.77. The van der Waals surface area contributed by atoms with E-state index in [1.165, 1.54) is 0 Å². The van der Waals surface area contributed by atoms with Crippen molar-refractivity contribution >= 4 is 23.6 Å². The zero-order chi connectivity index (χ0) is 19.7. The summed E-state index contributed by atoms with van der Waals surface area (Å²) in [5, 5.41) is 16.9. The van der Waals surface area contributed by atoms with Crippen LogP contribution < -0.4 is 4.74 Å². The van der Waals surface area contributed by atoms with Gasteiger partial charge in [0.25, 0.3) is 0 Å². The van der Waals surface area contributed by atoms with Gasteiger partial charge < -0.3 is 9.84 Å². The van der Waals surface area contributed by atoms with Crippen molar-refractivity contribution in [1.82, 2.24) is 19.2 Å². The zero-order valence-corrected chi connectivity index (χ0v) is 17.7. The molecule has 1 aliphatic rings. The van der Waals surface area contributed by atoms with Crippen LogP contribution >= 0.6 is 23.6 Å². The number of aromatic nitrogens is 3. The van der Waals surface area contributed by atoms with Gasteiger partial charge in [0.1, 0.15) is 5.75 Å². The van der Waals surface area contributed by atoms with Gasteiger partial charge in [-0.3, -0.25) is 9.47 Å². The molecule has 28 heavy (non-hydrogen) atoms. The first-order chi connectivity index (χ1) is 13.6. The van der Waals surface area contributed by atoms with Gasteiger partial charge in [-0.05, 0) is 61.1 Å². The summed E-state index contributed by atoms with van der Waals surface area (Å²) in [7, 11) is 1.67. The molecule has 0 bridgehead atoms. The Labute approximate surface area is 173 Å². The number of hydrogen-bond donors (Lipinski definition) is 1. The lowest BCUT2D eigenvalue weighted by Gasteiger charge is -2.29. The summed E-state index contributed by atoms with van der Waals surface area (Å²) < 4.78 is 10.1. The van der Waals surface area contributed by atoms with Crippen molar-refractivity contribution in [3.8, 4) is 22.1 Å². The number of methoxy groups -OCH3 is 1. The average Bonchev–Trinajstić information content (AvgIpc) is 3.30. The summed E-state index contributed by atoms with van der Waals surface area (Å²) in [4.78, 5) is 3.25. The molecule has 1 aliphatic heterocycles. The molecule has 1 saturated heterocycles. The number of aliphatic hydroxyl groups is 1. The van der Waals surface area contributed by atoms with Crippen molar-refractivity contribution in [1.29, 1.82) is 0 Å². The predicted octanol–water partition coefficient (Wildman–Crippen LogP) is 3.86.